The SMILES string of the molecule is C#CC(=O)N(c1cc(Cl)c(O)cc1Cl)C(C)(C(=O)O)C1CCCCC1. The molecule has 1 unspecified atom stereocenters. The summed E-state index contributed by atoms with van der Waals surface area (Å²) in [4.78, 5) is 25.8. The van der Waals surface area contributed by atoms with E-state index in [-0.39, 0.29) is 27.4 Å². The summed E-state index contributed by atoms with van der Waals surface area (Å²) < 4.78 is 0. The highest BCUT2D eigenvalue weighted by atomic mass is 35.5. The maximum atomic E-state index is 12.5. The maximum Gasteiger partial charge on any atom is 0.330 e. The molecule has 0 radical (unpaired) electrons. The van der Waals surface area contributed by atoms with E-state index < -0.39 is 17.4 Å². The van der Waals surface area contributed by atoms with Gasteiger partial charge in [-0.15, -0.1) is 6.42 Å². The Morgan fingerprint density at radius 1 is 1.24 bits per heavy atom. The third kappa shape index (κ3) is 3.56. The number of carbonyl (C=O) groups is 2. The number of halogens is 2. The van der Waals surface area contributed by atoms with Crippen molar-refractivity contribution in [2.45, 2.75) is 44.6 Å². The van der Waals surface area contributed by atoms with Gasteiger partial charge in [-0.1, -0.05) is 42.5 Å². The summed E-state index contributed by atoms with van der Waals surface area (Å²) in [6.45, 7) is 1.48. The van der Waals surface area contributed by atoms with E-state index in [4.69, 9.17) is 29.6 Å². The molecule has 0 aliphatic heterocycles. The van der Waals surface area contributed by atoms with Gasteiger partial charge >= 0.3 is 11.9 Å². The third-order valence-corrected chi connectivity index (χ3v) is 5.49. The molecular weight excluding hydrogens is 365 g/mol. The molecule has 0 bridgehead atoms. The quantitative estimate of drug-likeness (QED) is 0.767. The molecule has 0 aromatic heterocycles. The third-order valence-electron chi connectivity index (χ3n) is 4.88. The van der Waals surface area contributed by atoms with Crippen LogP contribution in [0.25, 0.3) is 0 Å². The number of carboxylic acid groups (broad SMARTS) is 1. The van der Waals surface area contributed by atoms with Crippen molar-refractivity contribution in [3.05, 3.63) is 22.2 Å². The number of anilines is 1. The lowest BCUT2D eigenvalue weighted by Gasteiger charge is -2.44. The van der Waals surface area contributed by atoms with Crippen LogP contribution in [0, 0.1) is 18.3 Å². The van der Waals surface area contributed by atoms with Crippen LogP contribution < -0.4 is 4.90 Å². The van der Waals surface area contributed by atoms with Crippen LogP contribution in [0.1, 0.15) is 39.0 Å². The molecule has 7 heteroatoms. The zero-order valence-electron chi connectivity index (χ0n) is 13.8. The van der Waals surface area contributed by atoms with E-state index in [9.17, 15) is 19.8 Å². The van der Waals surface area contributed by atoms with Gasteiger partial charge in [0, 0.05) is 6.07 Å². The molecule has 0 saturated heterocycles. The van der Waals surface area contributed by atoms with Gasteiger partial charge in [-0.05, 0) is 37.7 Å². The molecule has 0 heterocycles. The summed E-state index contributed by atoms with van der Waals surface area (Å²) in [6.07, 6.45) is 9.43. The first-order chi connectivity index (χ1) is 11.7. The first-order valence-electron chi connectivity index (χ1n) is 7.95. The normalized spacial score (nSPS) is 17.4. The van der Waals surface area contributed by atoms with Crippen molar-refractivity contribution in [1.82, 2.24) is 0 Å². The second kappa shape index (κ2) is 7.55. The van der Waals surface area contributed by atoms with E-state index in [2.05, 4.69) is 0 Å². The minimum atomic E-state index is -1.58. The number of rotatable bonds is 4. The van der Waals surface area contributed by atoms with Gasteiger partial charge in [0.2, 0.25) is 0 Å². The lowest BCUT2D eigenvalue weighted by atomic mass is 9.74. The minimum absolute atomic E-state index is 0.00576. The Morgan fingerprint density at radius 2 is 1.84 bits per heavy atom. The van der Waals surface area contributed by atoms with Crippen LogP contribution in [0.5, 0.6) is 5.75 Å². The van der Waals surface area contributed by atoms with Gasteiger partial charge in [-0.3, -0.25) is 9.69 Å². The fourth-order valence-electron chi connectivity index (χ4n) is 3.45. The van der Waals surface area contributed by atoms with E-state index in [0.29, 0.717) is 12.8 Å². The number of nitrogens with zero attached hydrogens (tertiary/aromatic N) is 1. The Morgan fingerprint density at radius 3 is 2.36 bits per heavy atom. The number of carbonyl (C=O) groups excluding carboxylic acids is 1. The highest BCUT2D eigenvalue weighted by Crippen LogP contribution is 2.43. The first kappa shape index (κ1) is 19.4. The van der Waals surface area contributed by atoms with Crippen molar-refractivity contribution < 1.29 is 19.8 Å². The summed E-state index contributed by atoms with van der Waals surface area (Å²) in [6, 6.07) is 2.43. The summed E-state index contributed by atoms with van der Waals surface area (Å²) >= 11 is 12.1. The van der Waals surface area contributed by atoms with Crippen LogP contribution in [0.3, 0.4) is 0 Å². The van der Waals surface area contributed by atoms with Crippen molar-refractivity contribution in [2.75, 3.05) is 4.90 Å². The largest absolute Gasteiger partial charge is 0.506 e. The molecule has 5 nitrogen and oxygen atoms in total. The topological polar surface area (TPSA) is 77.8 Å². The molecule has 1 aliphatic carbocycles. The van der Waals surface area contributed by atoms with E-state index in [1.165, 1.54) is 19.1 Å². The highest BCUT2D eigenvalue weighted by molar-refractivity contribution is 6.37. The number of carboxylic acids is 1. The van der Waals surface area contributed by atoms with Gasteiger partial charge in [0.1, 0.15) is 11.3 Å². The van der Waals surface area contributed by atoms with E-state index in [1.54, 1.807) is 0 Å². The van der Waals surface area contributed by atoms with Gasteiger partial charge in [-0.2, -0.15) is 0 Å². The number of benzene rings is 1. The Balaban J connectivity index is 2.66. The van der Waals surface area contributed by atoms with E-state index in [0.717, 1.165) is 24.2 Å². The second-order valence-corrected chi connectivity index (χ2v) is 7.14. The number of aliphatic carboxylic acids is 1. The molecule has 1 amide bonds. The van der Waals surface area contributed by atoms with Crippen LogP contribution in [0.4, 0.5) is 5.69 Å². The maximum absolute atomic E-state index is 12.5. The number of amides is 1. The van der Waals surface area contributed by atoms with Crippen molar-refractivity contribution in [1.29, 1.82) is 0 Å². The van der Waals surface area contributed by atoms with Gasteiger partial charge in [-0.25, -0.2) is 4.79 Å². The number of phenols is 1. The summed E-state index contributed by atoms with van der Waals surface area (Å²) in [5, 5.41) is 19.6. The smallest absolute Gasteiger partial charge is 0.330 e. The average molecular weight is 384 g/mol. The van der Waals surface area contributed by atoms with Crippen LogP contribution in [0.15, 0.2) is 12.1 Å². The summed E-state index contributed by atoms with van der Waals surface area (Å²) in [5.74, 6) is -0.544. The van der Waals surface area contributed by atoms with Crippen LogP contribution in [0.2, 0.25) is 10.0 Å². The molecule has 1 atom stereocenters. The first-order valence-corrected chi connectivity index (χ1v) is 8.71. The van der Waals surface area contributed by atoms with Crippen LogP contribution in [-0.4, -0.2) is 27.6 Å². The number of hydrogen-bond acceptors (Lipinski definition) is 3. The van der Waals surface area contributed by atoms with E-state index in [1.807, 2.05) is 5.92 Å². The van der Waals surface area contributed by atoms with Crippen LogP contribution in [-0.2, 0) is 9.59 Å². The standard InChI is InChI=1S/C18H19Cl2NO4/c1-3-16(23)21(14-9-13(20)15(22)10-12(14)19)18(2,17(24)25)11-7-5-4-6-8-11/h1,9-11,22H,4-8H2,2H3,(H,24,25). The second-order valence-electron chi connectivity index (χ2n) is 6.33. The predicted molar refractivity (Wildman–Crippen MR) is 97.1 cm³/mol. The minimum Gasteiger partial charge on any atom is -0.506 e. The monoisotopic (exact) mass is 383 g/mol. The molecule has 1 saturated carbocycles. The Hall–Kier alpha value is -1.90. The van der Waals surface area contributed by atoms with E-state index >= 15 is 0 Å². The Kier molecular flexibility index (Phi) is 5.87. The van der Waals surface area contributed by atoms with Crippen molar-refractivity contribution in [2.24, 2.45) is 5.92 Å². The molecule has 1 fully saturated rings. The molecule has 0 spiro atoms. The number of aromatic hydroxyl groups is 1. The zero-order valence-corrected chi connectivity index (χ0v) is 15.3. The lowest BCUT2D eigenvalue weighted by Crippen LogP contribution is -2.60. The number of terminal acetylenes is 1. The molecule has 2 rings (SSSR count). The van der Waals surface area contributed by atoms with Gasteiger partial charge in [0.15, 0.2) is 0 Å². The molecule has 134 valence electrons. The number of phenolic OH excluding ortho intramolecular Hbond substituents is 1. The van der Waals surface area contributed by atoms with Gasteiger partial charge in [0.25, 0.3) is 0 Å². The molecule has 2 N–H and O–H groups in total. The Labute approximate surface area is 156 Å². The summed E-state index contributed by atoms with van der Waals surface area (Å²) in [7, 11) is 0. The summed E-state index contributed by atoms with van der Waals surface area (Å²) in [5.41, 5.74) is -1.50. The highest BCUT2D eigenvalue weighted by Gasteiger charge is 2.50. The zero-order chi connectivity index (χ0) is 18.8. The fraction of sp³-hybridized carbons (Fsp3) is 0.444. The van der Waals surface area contributed by atoms with Crippen molar-refractivity contribution in [3.8, 4) is 18.1 Å². The van der Waals surface area contributed by atoms with Crippen LogP contribution >= 0.6 is 23.2 Å². The fourth-order valence-corrected chi connectivity index (χ4v) is 3.85. The van der Waals surface area contributed by atoms with Gasteiger partial charge < -0.3 is 10.2 Å². The van der Waals surface area contributed by atoms with Crippen molar-refractivity contribution >= 4 is 40.8 Å². The Bertz CT molecular complexity index is 737. The molecule has 25 heavy (non-hydrogen) atoms. The predicted octanol–water partition coefficient (Wildman–Crippen LogP) is 4.09. The molecule has 1 aromatic rings. The number of hydrogen-bond donors (Lipinski definition) is 2. The lowest BCUT2D eigenvalue weighted by molar-refractivity contribution is -0.147. The van der Waals surface area contributed by atoms with Gasteiger partial charge in [0.05, 0.1) is 15.7 Å². The molecule has 1 aliphatic rings. The van der Waals surface area contributed by atoms with Crippen molar-refractivity contribution in [3.63, 3.8) is 0 Å². The molecular formula is C18H19Cl2NO4. The molecule has 1 aromatic carbocycles. The average Bonchev–Trinajstić information content (AvgIpc) is 2.59.